The first-order valence-electron chi connectivity index (χ1n) is 9.81. The number of ether oxygens (including phenoxy) is 2. The van der Waals surface area contributed by atoms with Crippen LogP contribution in [-0.4, -0.2) is 27.5 Å². The topological polar surface area (TPSA) is 81.6 Å². The number of alkyl carbamates (subject to hydrolysis) is 1. The summed E-state index contributed by atoms with van der Waals surface area (Å²) in [7, 11) is 0. The van der Waals surface area contributed by atoms with Crippen LogP contribution in [0.25, 0.3) is 10.9 Å². The molecule has 0 bridgehead atoms. The highest BCUT2D eigenvalue weighted by atomic mass is 32.1. The Morgan fingerprint density at radius 2 is 1.71 bits per heavy atom. The van der Waals surface area contributed by atoms with Crippen molar-refractivity contribution in [3.63, 3.8) is 0 Å². The molecule has 162 valence electrons. The van der Waals surface area contributed by atoms with Gasteiger partial charge >= 0.3 is 12.2 Å². The van der Waals surface area contributed by atoms with E-state index >= 15 is 0 Å². The minimum atomic E-state index is -0.641. The molecular weight excluding hydrogens is 414 g/mol. The molecule has 0 unspecified atom stereocenters. The molecule has 7 nitrogen and oxygen atoms in total. The minimum Gasteiger partial charge on any atom is -0.444 e. The number of benzene rings is 2. The fraction of sp³-hybridized carbons (Fsp3) is 0.261. The summed E-state index contributed by atoms with van der Waals surface area (Å²) in [5.74, 6) is 0. The molecule has 3 aromatic rings. The number of hydrogen-bond donors (Lipinski definition) is 2. The van der Waals surface area contributed by atoms with Gasteiger partial charge in [-0.05, 0) is 50.2 Å². The molecule has 0 spiro atoms. The van der Waals surface area contributed by atoms with Crippen molar-refractivity contribution in [3.05, 3.63) is 71.9 Å². The third-order valence-electron chi connectivity index (χ3n) is 4.25. The average Bonchev–Trinajstić information content (AvgIpc) is 3.09. The van der Waals surface area contributed by atoms with Gasteiger partial charge in [0.05, 0.1) is 5.52 Å². The Labute approximate surface area is 186 Å². The average molecular weight is 440 g/mol. The van der Waals surface area contributed by atoms with Crippen molar-refractivity contribution in [1.82, 2.24) is 15.2 Å². The number of nitrogens with zero attached hydrogens (tertiary/aromatic N) is 1. The lowest BCUT2D eigenvalue weighted by molar-refractivity contribution is 0.0544. The van der Waals surface area contributed by atoms with E-state index in [2.05, 4.69) is 10.6 Å². The van der Waals surface area contributed by atoms with Gasteiger partial charge in [-0.1, -0.05) is 48.5 Å². The first-order chi connectivity index (χ1) is 14.7. The van der Waals surface area contributed by atoms with Crippen molar-refractivity contribution >= 4 is 40.4 Å². The highest BCUT2D eigenvalue weighted by Crippen LogP contribution is 2.22. The van der Waals surface area contributed by atoms with E-state index < -0.39 is 17.8 Å². The zero-order valence-corrected chi connectivity index (χ0v) is 18.5. The van der Waals surface area contributed by atoms with Gasteiger partial charge in [-0.25, -0.2) is 9.59 Å². The predicted octanol–water partition coefficient (Wildman–Crippen LogP) is 4.73. The van der Waals surface area contributed by atoms with Crippen molar-refractivity contribution in [2.24, 2.45) is 0 Å². The molecule has 1 amide bonds. The summed E-state index contributed by atoms with van der Waals surface area (Å²) in [5, 5.41) is 6.48. The van der Waals surface area contributed by atoms with E-state index in [1.54, 1.807) is 6.20 Å². The predicted molar refractivity (Wildman–Crippen MR) is 123 cm³/mol. The van der Waals surface area contributed by atoms with Gasteiger partial charge in [0.2, 0.25) is 0 Å². The SMILES string of the molecule is CC(C)(C)OC(=O)n1cc(CNC(=S)NC(=O)OCc2ccccc2)c2ccccc21. The number of amides is 1. The molecule has 0 fully saturated rings. The summed E-state index contributed by atoms with van der Waals surface area (Å²) in [5.41, 5.74) is 1.84. The zero-order valence-electron chi connectivity index (χ0n) is 17.7. The van der Waals surface area contributed by atoms with E-state index in [9.17, 15) is 9.59 Å². The Morgan fingerprint density at radius 3 is 2.42 bits per heavy atom. The van der Waals surface area contributed by atoms with E-state index in [-0.39, 0.29) is 11.7 Å². The quantitative estimate of drug-likeness (QED) is 0.572. The number of carbonyl (C=O) groups is 2. The van der Waals surface area contributed by atoms with Crippen molar-refractivity contribution in [2.75, 3.05) is 0 Å². The van der Waals surface area contributed by atoms with Gasteiger partial charge in [-0.15, -0.1) is 0 Å². The molecule has 0 saturated heterocycles. The van der Waals surface area contributed by atoms with Gasteiger partial charge < -0.3 is 14.8 Å². The molecule has 2 aromatic carbocycles. The van der Waals surface area contributed by atoms with Crippen LogP contribution >= 0.6 is 12.2 Å². The third kappa shape index (κ3) is 6.29. The monoisotopic (exact) mass is 439 g/mol. The highest BCUT2D eigenvalue weighted by Gasteiger charge is 2.20. The van der Waals surface area contributed by atoms with Crippen LogP contribution in [0, 0.1) is 0 Å². The fourth-order valence-corrected chi connectivity index (χ4v) is 3.08. The van der Waals surface area contributed by atoms with Gasteiger partial charge in [0.15, 0.2) is 5.11 Å². The molecule has 31 heavy (non-hydrogen) atoms. The van der Waals surface area contributed by atoms with Crippen molar-refractivity contribution in [1.29, 1.82) is 0 Å². The summed E-state index contributed by atoms with van der Waals surface area (Å²) in [4.78, 5) is 24.5. The van der Waals surface area contributed by atoms with Crippen LogP contribution in [0.1, 0.15) is 31.9 Å². The molecule has 8 heteroatoms. The smallest absolute Gasteiger partial charge is 0.419 e. The lowest BCUT2D eigenvalue weighted by Gasteiger charge is -2.19. The lowest BCUT2D eigenvalue weighted by Crippen LogP contribution is -2.39. The number of rotatable bonds is 4. The molecule has 0 aliphatic rings. The normalized spacial score (nSPS) is 11.1. The van der Waals surface area contributed by atoms with Crippen LogP contribution in [0.3, 0.4) is 0 Å². The van der Waals surface area contributed by atoms with Crippen LogP contribution in [-0.2, 0) is 22.6 Å². The van der Waals surface area contributed by atoms with E-state index in [1.807, 2.05) is 75.4 Å². The molecule has 0 aliphatic carbocycles. The third-order valence-corrected chi connectivity index (χ3v) is 4.50. The van der Waals surface area contributed by atoms with Gasteiger partial charge in [-0.3, -0.25) is 9.88 Å². The molecule has 0 aliphatic heterocycles. The maximum absolute atomic E-state index is 12.6. The van der Waals surface area contributed by atoms with E-state index in [1.165, 1.54) is 4.57 Å². The number of hydrogen-bond acceptors (Lipinski definition) is 5. The summed E-state index contributed by atoms with van der Waals surface area (Å²) >= 11 is 5.19. The summed E-state index contributed by atoms with van der Waals surface area (Å²) in [6.07, 6.45) is 0.611. The van der Waals surface area contributed by atoms with Gasteiger partial charge in [0.1, 0.15) is 12.2 Å². The fourth-order valence-electron chi connectivity index (χ4n) is 2.92. The molecular formula is C23H25N3O4S. The molecule has 0 saturated carbocycles. The van der Waals surface area contributed by atoms with E-state index in [0.717, 1.165) is 22.0 Å². The van der Waals surface area contributed by atoms with Gasteiger partial charge in [0.25, 0.3) is 0 Å². The summed E-state index contributed by atoms with van der Waals surface area (Å²) in [6.45, 7) is 5.92. The van der Waals surface area contributed by atoms with Crippen LogP contribution in [0.5, 0.6) is 0 Å². The van der Waals surface area contributed by atoms with Crippen LogP contribution in [0.2, 0.25) is 0 Å². The first-order valence-corrected chi connectivity index (χ1v) is 10.2. The first kappa shape index (κ1) is 22.3. The Kier molecular flexibility index (Phi) is 6.91. The van der Waals surface area contributed by atoms with Crippen LogP contribution in [0.15, 0.2) is 60.8 Å². The second kappa shape index (κ2) is 9.61. The van der Waals surface area contributed by atoms with Crippen molar-refractivity contribution in [3.8, 4) is 0 Å². The Bertz CT molecular complexity index is 1090. The van der Waals surface area contributed by atoms with E-state index in [0.29, 0.717) is 6.54 Å². The second-order valence-electron chi connectivity index (χ2n) is 7.89. The standard InChI is InChI=1S/C23H25N3O4S/c1-23(2,3)30-22(28)26-14-17(18-11-7-8-12-19(18)26)13-24-20(31)25-21(27)29-15-16-9-5-4-6-10-16/h4-12,14H,13,15H2,1-3H3,(H2,24,25,27,31). The Balaban J connectivity index is 1.61. The van der Waals surface area contributed by atoms with Crippen molar-refractivity contribution in [2.45, 2.75) is 39.5 Å². The number of carbonyl (C=O) groups excluding carboxylic acids is 2. The van der Waals surface area contributed by atoms with Crippen LogP contribution in [0.4, 0.5) is 9.59 Å². The highest BCUT2D eigenvalue weighted by molar-refractivity contribution is 7.80. The molecule has 1 aromatic heterocycles. The number of aromatic nitrogens is 1. The van der Waals surface area contributed by atoms with Crippen molar-refractivity contribution < 1.29 is 19.1 Å². The molecule has 0 atom stereocenters. The molecule has 3 rings (SSSR count). The summed E-state index contributed by atoms with van der Waals surface area (Å²) < 4.78 is 12.1. The van der Waals surface area contributed by atoms with Crippen LogP contribution < -0.4 is 10.6 Å². The van der Waals surface area contributed by atoms with E-state index in [4.69, 9.17) is 21.7 Å². The Hall–Kier alpha value is -3.39. The van der Waals surface area contributed by atoms with Gasteiger partial charge in [-0.2, -0.15) is 0 Å². The van der Waals surface area contributed by atoms with Gasteiger partial charge in [0, 0.05) is 18.1 Å². The number of thiocarbonyl (C=S) groups is 1. The molecule has 1 heterocycles. The molecule has 2 N–H and O–H groups in total. The number of nitrogens with one attached hydrogen (secondary N) is 2. The Morgan fingerprint density at radius 1 is 1.03 bits per heavy atom. The largest absolute Gasteiger partial charge is 0.444 e. The summed E-state index contributed by atoms with van der Waals surface area (Å²) in [6, 6.07) is 16.9. The maximum atomic E-state index is 12.6. The second-order valence-corrected chi connectivity index (χ2v) is 8.30. The number of para-hydroxylation sites is 1. The maximum Gasteiger partial charge on any atom is 0.419 e. The minimum absolute atomic E-state index is 0.132. The number of fused-ring (bicyclic) bond motifs is 1. The lowest BCUT2D eigenvalue weighted by atomic mass is 10.2. The molecule has 0 radical (unpaired) electrons. The zero-order chi connectivity index (χ0) is 22.4.